The number of anilines is 1. The van der Waals surface area contributed by atoms with Gasteiger partial charge in [0.15, 0.2) is 11.5 Å². The zero-order chi connectivity index (χ0) is 48.1. The minimum absolute atomic E-state index is 0.000292. The van der Waals surface area contributed by atoms with E-state index in [0.717, 1.165) is 25.3 Å². The standard InChI is InChI=1S/C41H37ClF10N8O3S2/c1-20-16-39(45,46)36-31(20)35(41(50,51)52)56-58(36)18-29(61)55-28(14-21-12-22(43)15-23(44)13-21)33-25(7-6-24(54-33)10-11-38(2,3)64-4)26-8-9-27(42)32-34(26)59(19-40(47,48)49)57-37(32)60(65(5)63)30(62)17-53/h6-9,12-13,15,20,28H,14,16-19,53H2,1-5H3,(H,55,61)/t20-,28?,65?/m0/s1. The number of aromatic nitrogens is 5. The molecule has 65 heavy (non-hydrogen) atoms. The summed E-state index contributed by atoms with van der Waals surface area (Å²) in [6.07, 6.45) is -8.89. The first-order valence-corrected chi connectivity index (χ1v) is 22.3. The van der Waals surface area contributed by atoms with Gasteiger partial charge in [-0.25, -0.2) is 22.3 Å². The van der Waals surface area contributed by atoms with Gasteiger partial charge in [-0.1, -0.05) is 30.5 Å². The number of thioether (sulfide) groups is 1. The largest absolute Gasteiger partial charge is 0.435 e. The van der Waals surface area contributed by atoms with Crippen LogP contribution in [0.1, 0.15) is 73.1 Å². The van der Waals surface area contributed by atoms with Crippen molar-refractivity contribution in [2.75, 3.05) is 23.4 Å². The summed E-state index contributed by atoms with van der Waals surface area (Å²) in [4.78, 5) is 31.7. The van der Waals surface area contributed by atoms with Crippen LogP contribution in [0.3, 0.4) is 0 Å². The first-order chi connectivity index (χ1) is 30.1. The number of carbonyl (C=O) groups is 2. The molecule has 5 aromatic rings. The van der Waals surface area contributed by atoms with E-state index in [4.69, 9.17) is 17.3 Å². The van der Waals surface area contributed by atoms with E-state index in [-0.39, 0.29) is 43.2 Å². The van der Waals surface area contributed by atoms with Gasteiger partial charge in [-0.2, -0.15) is 45.3 Å². The highest BCUT2D eigenvalue weighted by Crippen LogP contribution is 2.52. The summed E-state index contributed by atoms with van der Waals surface area (Å²) >= 11 is 7.98. The molecule has 0 aliphatic heterocycles. The third-order valence-corrected chi connectivity index (χ3v) is 12.5. The summed E-state index contributed by atoms with van der Waals surface area (Å²) in [5.41, 5.74) is 0.984. The van der Waals surface area contributed by atoms with Crippen LogP contribution in [0.15, 0.2) is 42.5 Å². The third-order valence-electron chi connectivity index (χ3n) is 10.2. The van der Waals surface area contributed by atoms with Gasteiger partial charge in [-0.05, 0) is 74.3 Å². The van der Waals surface area contributed by atoms with Crippen LogP contribution < -0.4 is 15.4 Å². The second-order valence-corrected chi connectivity index (χ2v) is 18.6. The first kappa shape index (κ1) is 49.3. The number of nitrogens with two attached hydrogens (primary N) is 1. The second kappa shape index (κ2) is 18.2. The molecule has 2 unspecified atom stereocenters. The number of carbonyl (C=O) groups excluding carboxylic acids is 2. The van der Waals surface area contributed by atoms with Crippen molar-refractivity contribution in [2.24, 2.45) is 5.73 Å². The molecule has 3 N–H and O–H groups in total. The molecule has 0 bridgehead atoms. The SMILES string of the molecule is CSC(C)(C)C#Cc1ccc(-c2ccc(Cl)c3c(N(C(=O)CN)S(C)=O)nn(CC(F)(F)F)c23)c(C(Cc2cc(F)cc(F)c2)NC(=O)Cn2nc(C(F)(F)F)c3c2C(F)(F)C[C@@H]3C)n1. The quantitative estimate of drug-likeness (QED) is 0.0937. The van der Waals surface area contributed by atoms with E-state index in [1.54, 1.807) is 20.1 Å². The molecule has 3 aromatic heterocycles. The molecule has 0 saturated heterocycles. The van der Waals surface area contributed by atoms with Gasteiger partial charge in [0.2, 0.25) is 5.91 Å². The van der Waals surface area contributed by atoms with Crippen LogP contribution in [0, 0.1) is 23.5 Å². The molecule has 348 valence electrons. The predicted molar refractivity (Wildman–Crippen MR) is 224 cm³/mol. The Hall–Kier alpha value is -5.18. The number of nitrogens with zero attached hydrogens (tertiary/aromatic N) is 6. The molecule has 11 nitrogen and oxygen atoms in total. The number of nitrogens with one attached hydrogen (secondary N) is 1. The Morgan fingerprint density at radius 2 is 1.69 bits per heavy atom. The molecule has 0 spiro atoms. The highest BCUT2D eigenvalue weighted by molar-refractivity contribution is 8.00. The van der Waals surface area contributed by atoms with Crippen LogP contribution >= 0.6 is 23.4 Å². The molecular formula is C41H37ClF10N8O3S2. The molecule has 0 fully saturated rings. The lowest BCUT2D eigenvalue weighted by Gasteiger charge is -2.23. The molecule has 2 amide bonds. The van der Waals surface area contributed by atoms with Crippen LogP contribution in [0.2, 0.25) is 5.02 Å². The van der Waals surface area contributed by atoms with Gasteiger partial charge in [-0.3, -0.25) is 19.0 Å². The van der Waals surface area contributed by atoms with Crippen LogP contribution in [0.4, 0.5) is 49.7 Å². The lowest BCUT2D eigenvalue weighted by Crippen LogP contribution is -2.37. The van der Waals surface area contributed by atoms with Crippen LogP contribution in [0.25, 0.3) is 22.0 Å². The van der Waals surface area contributed by atoms with E-state index in [9.17, 15) is 48.9 Å². The Morgan fingerprint density at radius 3 is 2.28 bits per heavy atom. The Bertz CT molecular complexity index is 2760. The molecule has 0 saturated carbocycles. The van der Waals surface area contributed by atoms with Gasteiger partial charge < -0.3 is 11.1 Å². The average molecular weight is 979 g/mol. The summed E-state index contributed by atoms with van der Waals surface area (Å²) in [5, 5.41) is 9.37. The fourth-order valence-corrected chi connectivity index (χ4v) is 8.59. The number of rotatable bonds is 12. The summed E-state index contributed by atoms with van der Waals surface area (Å²) in [5.74, 6) is -4.17. The molecule has 1 aliphatic carbocycles. The number of amides is 2. The number of hydrogen-bond acceptors (Lipinski definition) is 8. The van der Waals surface area contributed by atoms with E-state index in [1.165, 1.54) is 36.0 Å². The number of alkyl halides is 8. The van der Waals surface area contributed by atoms with Crippen molar-refractivity contribution in [1.29, 1.82) is 0 Å². The highest BCUT2D eigenvalue weighted by atomic mass is 35.5. The molecule has 3 heterocycles. The Morgan fingerprint density at radius 1 is 1.05 bits per heavy atom. The van der Waals surface area contributed by atoms with Crippen molar-refractivity contribution in [3.8, 4) is 23.0 Å². The number of halogens is 11. The maximum absolute atomic E-state index is 15.3. The smallest absolute Gasteiger partial charge is 0.346 e. The second-order valence-electron chi connectivity index (χ2n) is 15.5. The molecule has 6 rings (SSSR count). The summed E-state index contributed by atoms with van der Waals surface area (Å²) in [7, 11) is -2.26. The van der Waals surface area contributed by atoms with Crippen molar-refractivity contribution < 1.29 is 57.7 Å². The van der Waals surface area contributed by atoms with E-state index in [2.05, 4.69) is 32.3 Å². The predicted octanol–water partition coefficient (Wildman–Crippen LogP) is 8.59. The molecule has 24 heteroatoms. The number of benzene rings is 2. The van der Waals surface area contributed by atoms with Crippen molar-refractivity contribution in [1.82, 2.24) is 29.9 Å². The number of fused-ring (bicyclic) bond motifs is 2. The Balaban J connectivity index is 1.63. The normalized spacial score (nSPS) is 15.9. The minimum Gasteiger partial charge on any atom is -0.346 e. The van der Waals surface area contributed by atoms with Crippen molar-refractivity contribution in [2.45, 2.75) is 81.7 Å². The van der Waals surface area contributed by atoms with Gasteiger partial charge in [0.1, 0.15) is 47.1 Å². The Kier molecular flexibility index (Phi) is 13.8. The maximum Gasteiger partial charge on any atom is 0.435 e. The van der Waals surface area contributed by atoms with Crippen LogP contribution in [0.5, 0.6) is 0 Å². The van der Waals surface area contributed by atoms with Crippen LogP contribution in [-0.2, 0) is 52.2 Å². The lowest BCUT2D eigenvalue weighted by molar-refractivity contribution is -0.143. The van der Waals surface area contributed by atoms with Crippen molar-refractivity contribution in [3.63, 3.8) is 0 Å². The maximum atomic E-state index is 15.3. The topological polar surface area (TPSA) is 141 Å². The van der Waals surface area contributed by atoms with Crippen molar-refractivity contribution in [3.05, 3.63) is 93.0 Å². The number of hydrogen-bond donors (Lipinski definition) is 2. The molecule has 3 atom stereocenters. The lowest BCUT2D eigenvalue weighted by atomic mass is 9.93. The van der Waals surface area contributed by atoms with E-state index in [0.29, 0.717) is 15.1 Å². The zero-order valence-corrected chi connectivity index (χ0v) is 37.1. The van der Waals surface area contributed by atoms with Crippen LogP contribution in [-0.4, -0.2) is 70.5 Å². The molecular weight excluding hydrogens is 942 g/mol. The van der Waals surface area contributed by atoms with Gasteiger partial charge >= 0.3 is 12.4 Å². The Labute approximate surface area is 376 Å². The van der Waals surface area contributed by atoms with Crippen molar-refractivity contribution >= 4 is 62.9 Å². The van der Waals surface area contributed by atoms with E-state index < -0.39 is 130 Å². The summed E-state index contributed by atoms with van der Waals surface area (Å²) in [6, 6.07) is 5.91. The monoisotopic (exact) mass is 978 g/mol. The van der Waals surface area contributed by atoms with Gasteiger partial charge in [0.25, 0.3) is 11.8 Å². The fraction of sp³-hybridized carbons (Fsp3) is 0.390. The minimum atomic E-state index is -5.18. The average Bonchev–Trinajstić information content (AvgIpc) is 3.83. The molecule has 0 radical (unpaired) electrons. The van der Waals surface area contributed by atoms with Gasteiger partial charge in [-0.15, -0.1) is 11.8 Å². The molecule has 2 aromatic carbocycles. The fourth-order valence-electron chi connectivity index (χ4n) is 7.47. The van der Waals surface area contributed by atoms with E-state index in [1.807, 2.05) is 0 Å². The summed E-state index contributed by atoms with van der Waals surface area (Å²) in [6.45, 7) is 0.963. The molecule has 1 aliphatic rings. The van der Waals surface area contributed by atoms with Gasteiger partial charge in [0.05, 0.1) is 39.0 Å². The first-order valence-electron chi connectivity index (χ1n) is 19.2. The summed E-state index contributed by atoms with van der Waals surface area (Å²) < 4.78 is 159. The van der Waals surface area contributed by atoms with Gasteiger partial charge in [0, 0.05) is 35.4 Å². The zero-order valence-electron chi connectivity index (χ0n) is 34.7. The number of pyridine rings is 1. The third kappa shape index (κ3) is 10.6. The van der Waals surface area contributed by atoms with E-state index >= 15 is 8.78 Å². The highest BCUT2D eigenvalue weighted by Gasteiger charge is 2.53.